The third kappa shape index (κ3) is 3.56. The summed E-state index contributed by atoms with van der Waals surface area (Å²) < 4.78 is 5.70. The molecule has 0 aromatic heterocycles. The van der Waals surface area contributed by atoms with E-state index in [0.29, 0.717) is 18.8 Å². The molecule has 0 aromatic rings. The standard InChI is InChI=1S/C32H45NO4/c1-19-21-9-10-30(6)25(29(21,5)17-23(33-8)27(19)36)15-24(35)26-22-16-28(3,4)11-13-32(22,18-37-20(2)34)14-12-31(26,30)7/h17,19,21-22,25-26H,9-16,18H2,1-7H3/t19-,21-,22-,25+,26-,29-,30+,31+,32+/m0/s1. The summed E-state index contributed by atoms with van der Waals surface area (Å²) >= 11 is 0. The Morgan fingerprint density at radius 2 is 1.70 bits per heavy atom. The Balaban J connectivity index is 1.60. The maximum atomic E-state index is 14.4. The van der Waals surface area contributed by atoms with Gasteiger partial charge in [0.25, 0.3) is 0 Å². The largest absolute Gasteiger partial charge is 0.465 e. The maximum Gasteiger partial charge on any atom is 0.302 e. The normalized spacial score (nSPS) is 48.4. The fraction of sp³-hybridized carbons (Fsp3) is 0.812. The highest BCUT2D eigenvalue weighted by molar-refractivity contribution is 6.00. The topological polar surface area (TPSA) is 64.8 Å². The first-order valence-corrected chi connectivity index (χ1v) is 14.4. The second-order valence-corrected chi connectivity index (χ2v) is 15.0. The van der Waals surface area contributed by atoms with Gasteiger partial charge in [-0.15, -0.1) is 0 Å². The van der Waals surface area contributed by atoms with Crippen molar-refractivity contribution in [1.29, 1.82) is 0 Å². The number of esters is 1. The summed E-state index contributed by atoms with van der Waals surface area (Å²) in [5.74, 6) is 0.410. The summed E-state index contributed by atoms with van der Waals surface area (Å²) in [4.78, 5) is 42.9. The number of ketones is 2. The van der Waals surface area contributed by atoms with Crippen LogP contribution in [-0.4, -0.2) is 24.1 Å². The molecular weight excluding hydrogens is 462 g/mol. The van der Waals surface area contributed by atoms with Crippen LogP contribution in [0.4, 0.5) is 0 Å². The predicted molar refractivity (Wildman–Crippen MR) is 142 cm³/mol. The Hall–Kier alpha value is -1.96. The maximum absolute atomic E-state index is 14.4. The fourth-order valence-corrected chi connectivity index (χ4v) is 10.5. The van der Waals surface area contributed by atoms with Gasteiger partial charge >= 0.3 is 5.97 Å². The van der Waals surface area contributed by atoms with Crippen LogP contribution in [0.25, 0.3) is 4.85 Å². The van der Waals surface area contributed by atoms with Crippen molar-refractivity contribution in [3.8, 4) is 0 Å². The van der Waals surface area contributed by atoms with Crippen molar-refractivity contribution in [1.82, 2.24) is 0 Å². The van der Waals surface area contributed by atoms with Crippen LogP contribution in [0, 0.1) is 63.2 Å². The molecule has 5 heteroatoms. The van der Waals surface area contributed by atoms with Crippen molar-refractivity contribution in [3.63, 3.8) is 0 Å². The number of hydrogen-bond acceptors (Lipinski definition) is 4. The van der Waals surface area contributed by atoms with E-state index in [1.807, 2.05) is 13.0 Å². The monoisotopic (exact) mass is 507 g/mol. The first-order chi connectivity index (χ1) is 17.1. The molecule has 0 heterocycles. The summed E-state index contributed by atoms with van der Waals surface area (Å²) in [5.41, 5.74) is -0.230. The number of allylic oxidation sites excluding steroid dienone is 2. The van der Waals surface area contributed by atoms with Crippen LogP contribution in [-0.2, 0) is 19.1 Å². The van der Waals surface area contributed by atoms with E-state index in [9.17, 15) is 14.4 Å². The van der Waals surface area contributed by atoms with Crippen molar-refractivity contribution in [2.75, 3.05) is 6.61 Å². The number of rotatable bonds is 2. The quantitative estimate of drug-likeness (QED) is 0.304. The molecule has 0 amide bonds. The molecular formula is C32H45NO4. The van der Waals surface area contributed by atoms with Gasteiger partial charge in [-0.25, -0.2) is 4.85 Å². The van der Waals surface area contributed by atoms with Gasteiger partial charge in [-0.05, 0) is 84.4 Å². The van der Waals surface area contributed by atoms with E-state index >= 15 is 0 Å². The van der Waals surface area contributed by atoms with Gasteiger partial charge in [0.1, 0.15) is 5.78 Å². The Labute approximate surface area is 223 Å². The number of carbonyl (C=O) groups excluding carboxylic acids is 3. The van der Waals surface area contributed by atoms with Crippen LogP contribution < -0.4 is 0 Å². The molecule has 0 aromatic carbocycles. The number of ether oxygens (including phenoxy) is 1. The lowest BCUT2D eigenvalue weighted by atomic mass is 9.32. The molecule has 0 spiro atoms. The van der Waals surface area contributed by atoms with Crippen LogP contribution in [0.1, 0.15) is 99.8 Å². The van der Waals surface area contributed by atoms with E-state index in [-0.39, 0.29) is 74.1 Å². The lowest BCUT2D eigenvalue weighted by Crippen LogP contribution is -2.68. The molecule has 5 nitrogen and oxygen atoms in total. The highest BCUT2D eigenvalue weighted by Crippen LogP contribution is 2.75. The van der Waals surface area contributed by atoms with Gasteiger partial charge in [0.2, 0.25) is 5.70 Å². The van der Waals surface area contributed by atoms with Crippen molar-refractivity contribution in [2.24, 2.45) is 56.7 Å². The zero-order chi connectivity index (χ0) is 27.2. The Morgan fingerprint density at radius 1 is 1.03 bits per heavy atom. The highest BCUT2D eigenvalue weighted by atomic mass is 16.5. The molecule has 0 aliphatic heterocycles. The molecule has 5 rings (SSSR count). The zero-order valence-corrected chi connectivity index (χ0v) is 23.9. The van der Waals surface area contributed by atoms with Gasteiger partial charge in [-0.2, -0.15) is 0 Å². The molecule has 5 aliphatic carbocycles. The van der Waals surface area contributed by atoms with Crippen molar-refractivity contribution in [3.05, 3.63) is 23.2 Å². The lowest BCUT2D eigenvalue weighted by molar-refractivity contribution is -0.224. The van der Waals surface area contributed by atoms with Gasteiger partial charge in [-0.1, -0.05) is 47.6 Å². The number of Topliss-reactive ketones (excluding diaryl/α,β-unsaturated/α-hetero) is 2. The minimum absolute atomic E-state index is 0.0235. The molecule has 4 saturated carbocycles. The summed E-state index contributed by atoms with van der Waals surface area (Å²) in [6.07, 6.45) is 9.52. The Kier molecular flexibility index (Phi) is 5.95. The molecule has 202 valence electrons. The smallest absolute Gasteiger partial charge is 0.302 e. The van der Waals surface area contributed by atoms with E-state index in [2.05, 4.69) is 39.5 Å². The third-order valence-corrected chi connectivity index (χ3v) is 12.8. The van der Waals surface area contributed by atoms with Crippen molar-refractivity contribution in [2.45, 2.75) is 99.8 Å². The van der Waals surface area contributed by atoms with Crippen molar-refractivity contribution >= 4 is 17.5 Å². The minimum atomic E-state index is -0.331. The average molecular weight is 508 g/mol. The van der Waals surface area contributed by atoms with Crippen LogP contribution >= 0.6 is 0 Å². The Bertz CT molecular complexity index is 1110. The van der Waals surface area contributed by atoms with Crippen LogP contribution in [0.2, 0.25) is 0 Å². The average Bonchev–Trinajstić information content (AvgIpc) is 2.82. The fourth-order valence-electron chi connectivity index (χ4n) is 10.5. The molecule has 9 atom stereocenters. The molecule has 0 bridgehead atoms. The summed E-state index contributed by atoms with van der Waals surface area (Å²) in [5, 5.41) is 0. The molecule has 0 saturated heterocycles. The SMILES string of the molecule is [C-]#[N+]C1=C[C@]2(C)[C@H]3CC(=O)[C@@H]4[C@@H]5CC(C)(C)CC[C@]5(COC(C)=O)CC[C@@]4(C)[C@]3(C)CC[C@H]2[C@H](C)C1=O. The third-order valence-electron chi connectivity index (χ3n) is 12.8. The molecule has 0 N–H and O–H groups in total. The predicted octanol–water partition coefficient (Wildman–Crippen LogP) is 6.81. The first kappa shape index (κ1) is 26.6. The Morgan fingerprint density at radius 3 is 2.35 bits per heavy atom. The van der Waals surface area contributed by atoms with Gasteiger partial charge < -0.3 is 9.53 Å². The highest BCUT2D eigenvalue weighted by Gasteiger charge is 2.71. The molecule has 0 unspecified atom stereocenters. The van der Waals surface area contributed by atoms with Gasteiger partial charge in [0, 0.05) is 30.6 Å². The van der Waals surface area contributed by atoms with E-state index in [1.54, 1.807) is 0 Å². The summed E-state index contributed by atoms with van der Waals surface area (Å²) in [7, 11) is 0. The molecule has 5 aliphatic rings. The summed E-state index contributed by atoms with van der Waals surface area (Å²) in [6, 6.07) is 0. The van der Waals surface area contributed by atoms with E-state index in [4.69, 9.17) is 11.3 Å². The van der Waals surface area contributed by atoms with Crippen LogP contribution in [0.15, 0.2) is 11.8 Å². The number of nitrogens with zero attached hydrogens (tertiary/aromatic N) is 1. The van der Waals surface area contributed by atoms with Gasteiger partial charge in [0.05, 0.1) is 13.2 Å². The number of fused-ring (bicyclic) bond motifs is 7. The van der Waals surface area contributed by atoms with Crippen LogP contribution in [0.5, 0.6) is 0 Å². The first-order valence-electron chi connectivity index (χ1n) is 14.4. The number of hydrogen-bond donors (Lipinski definition) is 0. The van der Waals surface area contributed by atoms with Crippen LogP contribution in [0.3, 0.4) is 0 Å². The second kappa shape index (κ2) is 8.27. The molecule has 4 fully saturated rings. The van der Waals surface area contributed by atoms with Gasteiger partial charge in [-0.3, -0.25) is 9.59 Å². The van der Waals surface area contributed by atoms with E-state index in [0.717, 1.165) is 44.9 Å². The molecule has 37 heavy (non-hydrogen) atoms. The van der Waals surface area contributed by atoms with E-state index in [1.165, 1.54) is 6.92 Å². The molecule has 0 radical (unpaired) electrons. The zero-order valence-electron chi connectivity index (χ0n) is 23.9. The minimum Gasteiger partial charge on any atom is -0.465 e. The van der Waals surface area contributed by atoms with E-state index < -0.39 is 0 Å². The van der Waals surface area contributed by atoms with Crippen molar-refractivity contribution < 1.29 is 19.1 Å². The number of carbonyl (C=O) groups is 3. The second-order valence-electron chi connectivity index (χ2n) is 15.0. The van der Waals surface area contributed by atoms with Gasteiger partial charge in [0.15, 0.2) is 5.78 Å². The lowest BCUT2D eigenvalue weighted by Gasteiger charge is -2.71. The summed E-state index contributed by atoms with van der Waals surface area (Å²) in [6.45, 7) is 23.3.